The Balaban J connectivity index is 2.87. The molecule has 0 aliphatic heterocycles. The van der Waals surface area contributed by atoms with Crippen molar-refractivity contribution >= 4 is 15.9 Å². The lowest BCUT2D eigenvalue weighted by atomic mass is 10.1. The summed E-state index contributed by atoms with van der Waals surface area (Å²) in [5.74, 6) is 0.886. The van der Waals surface area contributed by atoms with Gasteiger partial charge in [0.2, 0.25) is 0 Å². The number of benzene rings is 1. The summed E-state index contributed by atoms with van der Waals surface area (Å²) in [6, 6.07) is 6.38. The Morgan fingerprint density at radius 3 is 2.65 bits per heavy atom. The van der Waals surface area contributed by atoms with Gasteiger partial charge in [-0.05, 0) is 32.0 Å². The van der Waals surface area contributed by atoms with Crippen LogP contribution < -0.4 is 4.74 Å². The highest BCUT2D eigenvalue weighted by Gasteiger charge is 2.12. The molecule has 3 nitrogen and oxygen atoms in total. The van der Waals surface area contributed by atoms with Gasteiger partial charge in [0.1, 0.15) is 5.75 Å². The van der Waals surface area contributed by atoms with Gasteiger partial charge in [-0.15, -0.1) is 0 Å². The van der Waals surface area contributed by atoms with E-state index in [1.165, 1.54) is 0 Å². The van der Waals surface area contributed by atoms with E-state index in [1.54, 1.807) is 7.11 Å². The Morgan fingerprint density at radius 2 is 2.12 bits per heavy atom. The van der Waals surface area contributed by atoms with Gasteiger partial charge in [0.15, 0.2) is 0 Å². The largest absolute Gasteiger partial charge is 0.496 e. The summed E-state index contributed by atoms with van der Waals surface area (Å²) >= 11 is 3.47. The second kappa shape index (κ2) is 6.99. The fraction of sp³-hybridized carbons (Fsp3) is 0.538. The predicted molar refractivity (Wildman–Crippen MR) is 73.3 cm³/mol. The van der Waals surface area contributed by atoms with Gasteiger partial charge in [-0.25, -0.2) is 0 Å². The Bertz CT molecular complexity index is 355. The molecule has 4 heteroatoms. The van der Waals surface area contributed by atoms with E-state index in [0.29, 0.717) is 12.6 Å². The van der Waals surface area contributed by atoms with Crippen molar-refractivity contribution < 1.29 is 9.84 Å². The molecule has 0 fully saturated rings. The van der Waals surface area contributed by atoms with Crippen LogP contribution in [0.2, 0.25) is 0 Å². The van der Waals surface area contributed by atoms with Gasteiger partial charge >= 0.3 is 0 Å². The molecular weight excluding hydrogens is 282 g/mol. The van der Waals surface area contributed by atoms with E-state index >= 15 is 0 Å². The molecule has 17 heavy (non-hydrogen) atoms. The predicted octanol–water partition coefficient (Wildman–Crippen LogP) is 2.66. The number of methoxy groups -OCH3 is 1. The maximum atomic E-state index is 9.06. The molecule has 0 atom stereocenters. The van der Waals surface area contributed by atoms with Crippen LogP contribution in [0.25, 0.3) is 0 Å². The molecule has 0 spiro atoms. The fourth-order valence-electron chi connectivity index (χ4n) is 1.74. The molecule has 0 saturated carbocycles. The minimum absolute atomic E-state index is 0.175. The normalized spacial score (nSPS) is 11.2. The fourth-order valence-corrected chi connectivity index (χ4v) is 2.15. The number of nitrogens with zero attached hydrogens (tertiary/aromatic N) is 1. The quantitative estimate of drug-likeness (QED) is 0.877. The van der Waals surface area contributed by atoms with Gasteiger partial charge in [-0.1, -0.05) is 15.9 Å². The van der Waals surface area contributed by atoms with E-state index in [9.17, 15) is 0 Å². The molecule has 0 saturated heterocycles. The van der Waals surface area contributed by atoms with Crippen molar-refractivity contribution in [2.45, 2.75) is 26.4 Å². The van der Waals surface area contributed by atoms with Crippen LogP contribution in [0, 0.1) is 0 Å². The number of hydrogen-bond donors (Lipinski definition) is 1. The molecule has 1 aromatic carbocycles. The lowest BCUT2D eigenvalue weighted by Gasteiger charge is -2.26. The highest BCUT2D eigenvalue weighted by Crippen LogP contribution is 2.24. The second-order valence-corrected chi connectivity index (χ2v) is 5.16. The molecule has 0 bridgehead atoms. The highest BCUT2D eigenvalue weighted by molar-refractivity contribution is 9.10. The van der Waals surface area contributed by atoms with E-state index in [4.69, 9.17) is 9.84 Å². The topological polar surface area (TPSA) is 32.7 Å². The van der Waals surface area contributed by atoms with Gasteiger partial charge in [0, 0.05) is 29.2 Å². The van der Waals surface area contributed by atoms with Crippen LogP contribution in [0.1, 0.15) is 19.4 Å². The number of hydrogen-bond acceptors (Lipinski definition) is 3. The summed E-state index contributed by atoms with van der Waals surface area (Å²) in [5.41, 5.74) is 1.13. The number of aliphatic hydroxyl groups excluding tert-OH is 1. The molecule has 0 unspecified atom stereocenters. The molecule has 0 amide bonds. The minimum Gasteiger partial charge on any atom is -0.496 e. The van der Waals surface area contributed by atoms with E-state index in [1.807, 2.05) is 12.1 Å². The second-order valence-electron chi connectivity index (χ2n) is 4.24. The van der Waals surface area contributed by atoms with Crippen LogP contribution in [0.5, 0.6) is 5.75 Å². The van der Waals surface area contributed by atoms with Crippen LogP contribution >= 0.6 is 15.9 Å². The Kier molecular flexibility index (Phi) is 5.95. The smallest absolute Gasteiger partial charge is 0.123 e. The van der Waals surface area contributed by atoms with E-state index in [0.717, 1.165) is 22.3 Å². The lowest BCUT2D eigenvalue weighted by molar-refractivity contribution is 0.158. The first-order valence-electron chi connectivity index (χ1n) is 5.75. The molecule has 0 aliphatic carbocycles. The Morgan fingerprint density at radius 1 is 1.41 bits per heavy atom. The average molecular weight is 302 g/mol. The van der Waals surface area contributed by atoms with Gasteiger partial charge in [-0.3, -0.25) is 4.90 Å². The summed E-state index contributed by atoms with van der Waals surface area (Å²) < 4.78 is 6.39. The van der Waals surface area contributed by atoms with Gasteiger partial charge in [-0.2, -0.15) is 0 Å². The highest BCUT2D eigenvalue weighted by atomic mass is 79.9. The zero-order valence-electron chi connectivity index (χ0n) is 10.6. The third-order valence-corrected chi connectivity index (χ3v) is 3.23. The number of rotatable bonds is 6. The average Bonchev–Trinajstić information content (AvgIpc) is 2.28. The first-order chi connectivity index (χ1) is 8.08. The van der Waals surface area contributed by atoms with Gasteiger partial charge in [0.05, 0.1) is 13.7 Å². The van der Waals surface area contributed by atoms with Crippen molar-refractivity contribution in [3.8, 4) is 5.75 Å². The van der Waals surface area contributed by atoms with Crippen molar-refractivity contribution in [1.82, 2.24) is 4.90 Å². The van der Waals surface area contributed by atoms with Crippen LogP contribution in [0.4, 0.5) is 0 Å². The molecule has 1 rings (SSSR count). The summed E-state index contributed by atoms with van der Waals surface area (Å²) in [5, 5.41) is 9.06. The number of halogens is 1. The first-order valence-corrected chi connectivity index (χ1v) is 6.55. The third kappa shape index (κ3) is 4.30. The van der Waals surface area contributed by atoms with Crippen LogP contribution in [-0.4, -0.2) is 36.3 Å². The Hall–Kier alpha value is -0.580. The van der Waals surface area contributed by atoms with Gasteiger partial charge in [0.25, 0.3) is 0 Å². The van der Waals surface area contributed by atoms with Crippen molar-refractivity contribution in [3.63, 3.8) is 0 Å². The Labute approximate surface area is 112 Å². The van der Waals surface area contributed by atoms with E-state index in [-0.39, 0.29) is 6.61 Å². The van der Waals surface area contributed by atoms with E-state index < -0.39 is 0 Å². The molecule has 0 radical (unpaired) electrons. The van der Waals surface area contributed by atoms with Crippen molar-refractivity contribution in [2.75, 3.05) is 20.3 Å². The van der Waals surface area contributed by atoms with Crippen molar-refractivity contribution in [2.24, 2.45) is 0 Å². The minimum atomic E-state index is 0.175. The number of ether oxygens (including phenoxy) is 1. The molecule has 1 aromatic rings. The van der Waals surface area contributed by atoms with Crippen molar-refractivity contribution in [3.05, 3.63) is 28.2 Å². The molecule has 1 N–H and O–H groups in total. The lowest BCUT2D eigenvalue weighted by Crippen LogP contribution is -2.33. The third-order valence-electron chi connectivity index (χ3n) is 2.73. The zero-order chi connectivity index (χ0) is 12.8. The molecule has 0 aliphatic rings. The maximum absolute atomic E-state index is 9.06. The molecule has 0 aromatic heterocycles. The monoisotopic (exact) mass is 301 g/mol. The van der Waals surface area contributed by atoms with Crippen LogP contribution in [0.3, 0.4) is 0 Å². The van der Waals surface area contributed by atoms with E-state index in [2.05, 4.69) is 40.7 Å². The summed E-state index contributed by atoms with van der Waals surface area (Å²) in [4.78, 5) is 2.21. The summed E-state index contributed by atoms with van der Waals surface area (Å²) in [7, 11) is 1.68. The first kappa shape index (κ1) is 14.5. The summed E-state index contributed by atoms with van der Waals surface area (Å²) in [6.07, 6.45) is 0. The summed E-state index contributed by atoms with van der Waals surface area (Å²) in [6.45, 7) is 5.88. The van der Waals surface area contributed by atoms with Crippen molar-refractivity contribution in [1.29, 1.82) is 0 Å². The van der Waals surface area contributed by atoms with Crippen LogP contribution in [-0.2, 0) is 6.54 Å². The maximum Gasteiger partial charge on any atom is 0.123 e. The SMILES string of the molecule is COc1ccc(Br)cc1CN(CCO)C(C)C. The zero-order valence-corrected chi connectivity index (χ0v) is 12.2. The molecular formula is C13H20BrNO2. The standard InChI is InChI=1S/C13H20BrNO2/c1-10(2)15(6-7-16)9-11-8-12(14)4-5-13(11)17-3/h4-5,8,10,16H,6-7,9H2,1-3H3. The van der Waals surface area contributed by atoms with Gasteiger partial charge < -0.3 is 9.84 Å². The molecule has 0 heterocycles. The molecule has 96 valence electrons. The van der Waals surface area contributed by atoms with Crippen LogP contribution in [0.15, 0.2) is 22.7 Å². The number of aliphatic hydroxyl groups is 1.